The van der Waals surface area contributed by atoms with Crippen LogP contribution in [-0.2, 0) is 30.8 Å². The monoisotopic (exact) mass is 692 g/mol. The van der Waals surface area contributed by atoms with Crippen molar-refractivity contribution in [1.29, 1.82) is 0 Å². The second-order valence-electron chi connectivity index (χ2n) is 12.4. The molecule has 6 atom stereocenters. The molecule has 14 heteroatoms. The fourth-order valence-corrected chi connectivity index (χ4v) is 10.4. The standard InChI is InChI=1S/C33H32ClF3N2O7S/c1-45-32(41)23-17-46-39(16-18-5-3-2-4-6-18)30(23)33(42)14-20-7-8-21(15-33)29(20)47(43,44)27-11-19(9-10-24(27)34)31(40)38-22-12-25(35)28(37)26(36)13-22/h2-6,9-13,20-21,23,29-30,42H,7-8,14-17H2,1H3,(H,38,40)/t20-,21?,23?,29+,30?,33+/m0/s1. The third-order valence-electron chi connectivity index (χ3n) is 9.52. The summed E-state index contributed by atoms with van der Waals surface area (Å²) in [4.78, 5) is 31.4. The average Bonchev–Trinajstić information content (AvgIpc) is 3.59. The van der Waals surface area contributed by atoms with Crippen molar-refractivity contribution < 1.29 is 45.9 Å². The number of benzene rings is 3. The molecule has 1 aliphatic heterocycles. The van der Waals surface area contributed by atoms with Crippen LogP contribution in [0.1, 0.15) is 41.6 Å². The first kappa shape index (κ1) is 33.4. The van der Waals surface area contributed by atoms with E-state index >= 15 is 0 Å². The number of anilines is 1. The zero-order chi connectivity index (χ0) is 33.7. The Morgan fingerprint density at radius 2 is 1.68 bits per heavy atom. The highest BCUT2D eigenvalue weighted by atomic mass is 35.5. The molecule has 9 nitrogen and oxygen atoms in total. The molecule has 47 heavy (non-hydrogen) atoms. The summed E-state index contributed by atoms with van der Waals surface area (Å²) < 4.78 is 74.3. The third kappa shape index (κ3) is 6.27. The minimum atomic E-state index is -4.18. The number of nitrogens with zero attached hydrogens (tertiary/aromatic N) is 1. The lowest BCUT2D eigenvalue weighted by Gasteiger charge is -2.46. The van der Waals surface area contributed by atoms with Crippen LogP contribution in [0.5, 0.6) is 0 Å². The van der Waals surface area contributed by atoms with Crippen LogP contribution >= 0.6 is 11.6 Å². The minimum absolute atomic E-state index is 0.00517. The number of fused-ring (bicyclic) bond motifs is 2. The Hall–Kier alpha value is -3.49. The van der Waals surface area contributed by atoms with E-state index in [9.17, 15) is 36.3 Å². The number of aliphatic hydroxyl groups is 1. The highest BCUT2D eigenvalue weighted by Crippen LogP contribution is 2.54. The second kappa shape index (κ2) is 12.8. The first-order valence-electron chi connectivity index (χ1n) is 15.1. The topological polar surface area (TPSA) is 122 Å². The molecular formula is C33H32ClF3N2O7S. The molecule has 2 saturated carbocycles. The smallest absolute Gasteiger partial charge is 0.312 e. The number of hydroxylamine groups is 2. The molecule has 2 N–H and O–H groups in total. The van der Waals surface area contributed by atoms with Crippen molar-refractivity contribution in [1.82, 2.24) is 5.06 Å². The van der Waals surface area contributed by atoms with E-state index in [-0.39, 0.29) is 40.6 Å². The van der Waals surface area contributed by atoms with Crippen molar-refractivity contribution in [3.8, 4) is 0 Å². The molecule has 2 bridgehead atoms. The Morgan fingerprint density at radius 1 is 1.04 bits per heavy atom. The van der Waals surface area contributed by atoms with E-state index in [1.807, 2.05) is 30.3 Å². The number of sulfone groups is 1. The van der Waals surface area contributed by atoms with Gasteiger partial charge in [-0.2, -0.15) is 5.06 Å². The quantitative estimate of drug-likeness (QED) is 0.241. The van der Waals surface area contributed by atoms with Gasteiger partial charge in [0, 0.05) is 29.9 Å². The maximum Gasteiger partial charge on any atom is 0.312 e. The van der Waals surface area contributed by atoms with Crippen LogP contribution in [0.25, 0.3) is 0 Å². The molecule has 3 fully saturated rings. The van der Waals surface area contributed by atoms with Gasteiger partial charge in [-0.05, 0) is 61.3 Å². The maximum absolute atomic E-state index is 14.2. The lowest BCUT2D eigenvalue weighted by molar-refractivity contribution is -0.194. The van der Waals surface area contributed by atoms with Crippen molar-refractivity contribution in [2.24, 2.45) is 17.8 Å². The maximum atomic E-state index is 14.2. The van der Waals surface area contributed by atoms with Gasteiger partial charge in [-0.3, -0.25) is 14.4 Å². The highest BCUT2D eigenvalue weighted by Gasteiger charge is 2.61. The molecule has 0 aromatic heterocycles. The van der Waals surface area contributed by atoms with Crippen LogP contribution in [0.2, 0.25) is 5.02 Å². The number of ether oxygens (including phenoxy) is 1. The fourth-order valence-electron chi connectivity index (χ4n) is 7.60. The third-order valence-corrected chi connectivity index (χ3v) is 12.4. The zero-order valence-corrected chi connectivity index (χ0v) is 26.7. The highest BCUT2D eigenvalue weighted by molar-refractivity contribution is 7.92. The number of rotatable bonds is 8. The van der Waals surface area contributed by atoms with Crippen molar-refractivity contribution in [2.75, 3.05) is 19.0 Å². The van der Waals surface area contributed by atoms with Gasteiger partial charge in [-0.25, -0.2) is 21.6 Å². The van der Waals surface area contributed by atoms with Gasteiger partial charge in [0.15, 0.2) is 27.3 Å². The Bertz CT molecular complexity index is 1780. The van der Waals surface area contributed by atoms with Gasteiger partial charge in [-0.15, -0.1) is 0 Å². The van der Waals surface area contributed by atoms with E-state index in [4.69, 9.17) is 21.2 Å². The van der Waals surface area contributed by atoms with Crippen molar-refractivity contribution >= 4 is 39.0 Å². The van der Waals surface area contributed by atoms with Gasteiger partial charge < -0.3 is 15.2 Å². The summed E-state index contributed by atoms with van der Waals surface area (Å²) in [7, 11) is -2.91. The molecule has 3 aliphatic rings. The summed E-state index contributed by atoms with van der Waals surface area (Å²) in [5.74, 6) is -7.92. The lowest BCUT2D eigenvalue weighted by Crippen LogP contribution is -2.59. The van der Waals surface area contributed by atoms with E-state index in [1.165, 1.54) is 19.2 Å². The molecule has 0 radical (unpaired) electrons. The number of nitrogens with one attached hydrogen (secondary N) is 1. The first-order chi connectivity index (χ1) is 22.3. The van der Waals surface area contributed by atoms with Crippen LogP contribution < -0.4 is 5.32 Å². The van der Waals surface area contributed by atoms with E-state index < -0.39 is 73.8 Å². The molecule has 250 valence electrons. The number of methoxy groups -OCH3 is 1. The van der Waals surface area contributed by atoms with Crippen molar-refractivity contribution in [2.45, 2.75) is 54.0 Å². The molecule has 3 aromatic carbocycles. The van der Waals surface area contributed by atoms with Crippen LogP contribution in [0.15, 0.2) is 65.6 Å². The van der Waals surface area contributed by atoms with Gasteiger partial charge in [0.25, 0.3) is 5.91 Å². The predicted octanol–water partition coefficient (Wildman–Crippen LogP) is 5.31. The van der Waals surface area contributed by atoms with E-state index in [0.717, 1.165) is 11.6 Å². The Kier molecular flexibility index (Phi) is 9.13. The summed E-state index contributed by atoms with van der Waals surface area (Å²) in [6.45, 7) is 0.297. The van der Waals surface area contributed by atoms with E-state index in [2.05, 4.69) is 5.32 Å². The number of carbonyl (C=O) groups is 2. The molecule has 3 unspecified atom stereocenters. The molecule has 1 heterocycles. The van der Waals surface area contributed by atoms with Crippen LogP contribution in [-0.4, -0.2) is 61.1 Å². The van der Waals surface area contributed by atoms with Crippen LogP contribution in [0, 0.1) is 35.2 Å². The molecule has 6 rings (SSSR count). The molecule has 1 saturated heterocycles. The Labute approximate surface area is 274 Å². The molecule has 2 aliphatic carbocycles. The molecular weight excluding hydrogens is 661 g/mol. The fraction of sp³-hybridized carbons (Fsp3) is 0.394. The molecule has 1 amide bonds. The van der Waals surface area contributed by atoms with E-state index in [0.29, 0.717) is 31.5 Å². The summed E-state index contributed by atoms with van der Waals surface area (Å²) in [5.41, 5.74) is -1.09. The van der Waals surface area contributed by atoms with Gasteiger partial charge in [0.05, 0.1) is 40.5 Å². The summed E-state index contributed by atoms with van der Waals surface area (Å²) in [5, 5.41) is 15.1. The summed E-state index contributed by atoms with van der Waals surface area (Å²) in [6.07, 6.45) is 1.15. The lowest BCUT2D eigenvalue weighted by atomic mass is 9.70. The minimum Gasteiger partial charge on any atom is -0.469 e. The largest absolute Gasteiger partial charge is 0.469 e. The number of esters is 1. The number of hydrogen-bond acceptors (Lipinski definition) is 8. The van der Waals surface area contributed by atoms with Crippen LogP contribution in [0.4, 0.5) is 18.9 Å². The van der Waals surface area contributed by atoms with E-state index in [1.54, 1.807) is 5.06 Å². The molecule has 0 spiro atoms. The Morgan fingerprint density at radius 3 is 2.30 bits per heavy atom. The van der Waals surface area contributed by atoms with Crippen molar-refractivity contribution in [3.05, 3.63) is 94.3 Å². The van der Waals surface area contributed by atoms with Gasteiger partial charge in [0.2, 0.25) is 0 Å². The normalized spacial score (nSPS) is 27.5. The van der Waals surface area contributed by atoms with Gasteiger partial charge in [-0.1, -0.05) is 41.9 Å². The average molecular weight is 693 g/mol. The summed E-state index contributed by atoms with van der Waals surface area (Å²) >= 11 is 6.39. The number of carbonyl (C=O) groups excluding carboxylic acids is 2. The van der Waals surface area contributed by atoms with Crippen molar-refractivity contribution in [3.63, 3.8) is 0 Å². The second-order valence-corrected chi connectivity index (χ2v) is 14.9. The predicted molar refractivity (Wildman–Crippen MR) is 164 cm³/mol. The number of amides is 1. The zero-order valence-electron chi connectivity index (χ0n) is 25.2. The van der Waals surface area contributed by atoms with Crippen LogP contribution in [0.3, 0.4) is 0 Å². The number of hydrogen-bond donors (Lipinski definition) is 2. The first-order valence-corrected chi connectivity index (χ1v) is 17.0. The Balaban J connectivity index is 1.26. The number of halogens is 4. The van der Waals surface area contributed by atoms with Gasteiger partial charge in [0.1, 0.15) is 5.92 Å². The van der Waals surface area contributed by atoms with Gasteiger partial charge >= 0.3 is 5.97 Å². The SMILES string of the molecule is COC(=O)C1CON(Cc2ccccc2)C1[C@]1(O)CC2CC[C@@H](C1)[C@H]2S(=O)(=O)c1cc(C(=O)Nc2cc(F)c(F)c(F)c2)ccc1Cl. The molecule has 3 aromatic rings. The summed E-state index contributed by atoms with van der Waals surface area (Å²) in [6, 6.07) is 13.4.